The van der Waals surface area contributed by atoms with Gasteiger partial charge in [0.1, 0.15) is 5.76 Å². The highest BCUT2D eigenvalue weighted by molar-refractivity contribution is 5.80. The van der Waals surface area contributed by atoms with Crippen LogP contribution in [0.1, 0.15) is 30.6 Å². The Labute approximate surface area is 112 Å². The average molecular weight is 265 g/mol. The minimum Gasteiger partial charge on any atom is -0.481 e. The Bertz CT molecular complexity index is 480. The van der Waals surface area contributed by atoms with Crippen molar-refractivity contribution in [2.45, 2.75) is 32.7 Å². The lowest BCUT2D eigenvalue weighted by molar-refractivity contribution is -0.141. The molecular weight excluding hydrogens is 246 g/mol. The second-order valence-corrected chi connectivity index (χ2v) is 5.24. The fourth-order valence-electron chi connectivity index (χ4n) is 2.65. The number of furan rings is 1. The van der Waals surface area contributed by atoms with Gasteiger partial charge in [0, 0.05) is 25.1 Å². The minimum absolute atomic E-state index is 0.0318. The van der Waals surface area contributed by atoms with Gasteiger partial charge in [0.25, 0.3) is 0 Å². The number of aliphatic carboxylic acids is 1. The summed E-state index contributed by atoms with van der Waals surface area (Å²) >= 11 is 0. The fraction of sp³-hybridized carbons (Fsp3) is 0.571. The molecule has 0 aromatic carbocycles. The van der Waals surface area contributed by atoms with Crippen molar-refractivity contribution in [1.29, 1.82) is 0 Å². The van der Waals surface area contributed by atoms with E-state index in [9.17, 15) is 9.59 Å². The van der Waals surface area contributed by atoms with Crippen LogP contribution in [-0.2, 0) is 16.1 Å². The van der Waals surface area contributed by atoms with Crippen LogP contribution >= 0.6 is 0 Å². The molecule has 1 saturated carbocycles. The van der Waals surface area contributed by atoms with Crippen molar-refractivity contribution in [2.75, 3.05) is 7.05 Å². The number of carbonyl (C=O) groups excluding carboxylic acids is 1. The number of nitrogens with zero attached hydrogens (tertiary/aromatic N) is 1. The van der Waals surface area contributed by atoms with Crippen LogP contribution in [-0.4, -0.2) is 28.9 Å². The van der Waals surface area contributed by atoms with E-state index in [0.717, 1.165) is 11.3 Å². The summed E-state index contributed by atoms with van der Waals surface area (Å²) in [6, 6.07) is 1.85. The average Bonchev–Trinajstić information content (AvgIpc) is 2.98. The lowest BCUT2D eigenvalue weighted by Crippen LogP contribution is -2.31. The van der Waals surface area contributed by atoms with Gasteiger partial charge < -0.3 is 14.4 Å². The summed E-state index contributed by atoms with van der Waals surface area (Å²) in [7, 11) is 1.75. The van der Waals surface area contributed by atoms with Crippen LogP contribution in [0.5, 0.6) is 0 Å². The minimum atomic E-state index is -0.788. The molecule has 1 aromatic heterocycles. The standard InChI is InChI=1S/C14H19NO4/c1-9-12(5-6-19-9)8-15(2)13(16)10-3-4-11(7-10)14(17)18/h5-6,10-11H,3-4,7-8H2,1-2H3,(H,17,18)/t10-,11+/m1/s1. The first kappa shape index (κ1) is 13.6. The largest absolute Gasteiger partial charge is 0.481 e. The molecule has 5 nitrogen and oxygen atoms in total. The molecule has 2 rings (SSSR count). The highest BCUT2D eigenvalue weighted by atomic mass is 16.4. The maximum atomic E-state index is 12.3. The van der Waals surface area contributed by atoms with Gasteiger partial charge >= 0.3 is 5.97 Å². The molecule has 1 amide bonds. The van der Waals surface area contributed by atoms with Crippen LogP contribution in [0.3, 0.4) is 0 Å². The quantitative estimate of drug-likeness (QED) is 0.904. The number of carbonyl (C=O) groups is 2. The maximum Gasteiger partial charge on any atom is 0.306 e. The number of amides is 1. The van der Waals surface area contributed by atoms with E-state index in [2.05, 4.69) is 0 Å². The van der Waals surface area contributed by atoms with Gasteiger partial charge in [-0.3, -0.25) is 9.59 Å². The van der Waals surface area contributed by atoms with Crippen molar-refractivity contribution in [3.05, 3.63) is 23.7 Å². The van der Waals surface area contributed by atoms with Crippen molar-refractivity contribution in [2.24, 2.45) is 11.8 Å². The zero-order valence-corrected chi connectivity index (χ0v) is 11.3. The predicted octanol–water partition coefficient (Wildman–Crippen LogP) is 2.05. The summed E-state index contributed by atoms with van der Waals surface area (Å²) in [5, 5.41) is 8.96. The van der Waals surface area contributed by atoms with E-state index >= 15 is 0 Å². The monoisotopic (exact) mass is 265 g/mol. The molecule has 1 heterocycles. The summed E-state index contributed by atoms with van der Waals surface area (Å²) in [5.74, 6) is -0.459. The molecule has 0 bridgehead atoms. The highest BCUT2D eigenvalue weighted by Crippen LogP contribution is 2.32. The molecule has 1 N–H and O–H groups in total. The molecule has 0 radical (unpaired) electrons. The summed E-state index contributed by atoms with van der Waals surface area (Å²) in [6.45, 7) is 2.37. The van der Waals surface area contributed by atoms with Crippen molar-refractivity contribution < 1.29 is 19.1 Å². The topological polar surface area (TPSA) is 70.8 Å². The second kappa shape index (κ2) is 5.47. The molecule has 2 atom stereocenters. The first-order valence-electron chi connectivity index (χ1n) is 6.49. The lowest BCUT2D eigenvalue weighted by atomic mass is 10.0. The Kier molecular flexibility index (Phi) is 3.93. The first-order valence-corrected chi connectivity index (χ1v) is 6.49. The molecule has 1 aliphatic carbocycles. The van der Waals surface area contributed by atoms with E-state index in [1.165, 1.54) is 0 Å². The van der Waals surface area contributed by atoms with Crippen LogP contribution in [0.2, 0.25) is 0 Å². The van der Waals surface area contributed by atoms with Gasteiger partial charge in [0.2, 0.25) is 5.91 Å². The van der Waals surface area contributed by atoms with Gasteiger partial charge in [0.15, 0.2) is 0 Å². The predicted molar refractivity (Wildman–Crippen MR) is 68.4 cm³/mol. The van der Waals surface area contributed by atoms with E-state index in [0.29, 0.717) is 25.8 Å². The van der Waals surface area contributed by atoms with Gasteiger partial charge in [0.05, 0.1) is 12.2 Å². The number of hydrogen-bond acceptors (Lipinski definition) is 3. The third kappa shape index (κ3) is 2.97. The van der Waals surface area contributed by atoms with Crippen LogP contribution in [0.15, 0.2) is 16.7 Å². The van der Waals surface area contributed by atoms with Crippen molar-refractivity contribution in [1.82, 2.24) is 4.90 Å². The lowest BCUT2D eigenvalue weighted by Gasteiger charge is -2.20. The van der Waals surface area contributed by atoms with Crippen molar-refractivity contribution >= 4 is 11.9 Å². The molecule has 19 heavy (non-hydrogen) atoms. The molecule has 1 fully saturated rings. The fourth-order valence-corrected chi connectivity index (χ4v) is 2.65. The van der Waals surface area contributed by atoms with Gasteiger partial charge in [-0.2, -0.15) is 0 Å². The summed E-state index contributed by atoms with van der Waals surface area (Å²) < 4.78 is 5.20. The number of aryl methyl sites for hydroxylation is 1. The van der Waals surface area contributed by atoms with Crippen molar-refractivity contribution in [3.8, 4) is 0 Å². The second-order valence-electron chi connectivity index (χ2n) is 5.24. The van der Waals surface area contributed by atoms with Gasteiger partial charge in [-0.05, 0) is 32.3 Å². The smallest absolute Gasteiger partial charge is 0.306 e. The van der Waals surface area contributed by atoms with Crippen LogP contribution in [0.25, 0.3) is 0 Å². The zero-order valence-electron chi connectivity index (χ0n) is 11.3. The zero-order chi connectivity index (χ0) is 14.0. The molecule has 5 heteroatoms. The van der Waals surface area contributed by atoms with E-state index in [1.54, 1.807) is 18.2 Å². The highest BCUT2D eigenvalue weighted by Gasteiger charge is 2.35. The maximum absolute atomic E-state index is 12.3. The van der Waals surface area contributed by atoms with E-state index in [-0.39, 0.29) is 17.7 Å². The Morgan fingerprint density at radius 3 is 2.63 bits per heavy atom. The van der Waals surface area contributed by atoms with Gasteiger partial charge in [-0.15, -0.1) is 0 Å². The summed E-state index contributed by atoms with van der Waals surface area (Å²) in [6.07, 6.45) is 3.34. The van der Waals surface area contributed by atoms with Crippen LogP contribution in [0, 0.1) is 18.8 Å². The number of carboxylic acids is 1. The molecule has 104 valence electrons. The molecule has 1 aromatic rings. The molecule has 0 spiro atoms. The van der Waals surface area contributed by atoms with Gasteiger partial charge in [-0.25, -0.2) is 0 Å². The Morgan fingerprint density at radius 2 is 2.11 bits per heavy atom. The van der Waals surface area contributed by atoms with E-state index < -0.39 is 5.97 Å². The van der Waals surface area contributed by atoms with E-state index in [1.807, 2.05) is 13.0 Å². The SMILES string of the molecule is Cc1occc1CN(C)C(=O)[C@@H]1CC[C@H](C(=O)O)C1. The molecule has 0 saturated heterocycles. The van der Waals surface area contributed by atoms with Gasteiger partial charge in [-0.1, -0.05) is 0 Å². The number of rotatable bonds is 4. The summed E-state index contributed by atoms with van der Waals surface area (Å²) in [4.78, 5) is 24.8. The molecule has 1 aliphatic rings. The number of hydrogen-bond donors (Lipinski definition) is 1. The van der Waals surface area contributed by atoms with Crippen LogP contribution in [0.4, 0.5) is 0 Å². The van der Waals surface area contributed by atoms with Crippen molar-refractivity contribution in [3.63, 3.8) is 0 Å². The molecule has 0 unspecified atom stereocenters. The third-order valence-corrected chi connectivity index (χ3v) is 3.88. The Balaban J connectivity index is 1.93. The van der Waals surface area contributed by atoms with Crippen LogP contribution < -0.4 is 0 Å². The first-order chi connectivity index (χ1) is 8.99. The normalized spacial score (nSPS) is 22.4. The summed E-state index contributed by atoms with van der Waals surface area (Å²) in [5.41, 5.74) is 0.989. The molecule has 0 aliphatic heterocycles. The van der Waals surface area contributed by atoms with E-state index in [4.69, 9.17) is 9.52 Å². The molecular formula is C14H19NO4. The Morgan fingerprint density at radius 1 is 1.42 bits per heavy atom. The number of carboxylic acid groups (broad SMARTS) is 1. The third-order valence-electron chi connectivity index (χ3n) is 3.88. The Hall–Kier alpha value is -1.78.